The number of esters is 1. The second kappa shape index (κ2) is 7.42. The lowest BCUT2D eigenvalue weighted by molar-refractivity contribution is 0.0473. The Kier molecular flexibility index (Phi) is 4.83. The summed E-state index contributed by atoms with van der Waals surface area (Å²) in [5.41, 5.74) is 1.99. The van der Waals surface area contributed by atoms with Crippen LogP contribution in [0.3, 0.4) is 0 Å². The lowest BCUT2D eigenvalue weighted by Crippen LogP contribution is -2.05. The third-order valence-corrected chi connectivity index (χ3v) is 5.80. The number of hydrogen-bond acceptors (Lipinski definition) is 7. The Morgan fingerprint density at radius 2 is 2.00 bits per heavy atom. The molecule has 0 N–H and O–H groups in total. The number of rotatable bonds is 5. The molecule has 8 heteroatoms. The van der Waals surface area contributed by atoms with E-state index in [0.29, 0.717) is 27.0 Å². The zero-order valence-corrected chi connectivity index (χ0v) is 15.8. The molecule has 0 saturated carbocycles. The summed E-state index contributed by atoms with van der Waals surface area (Å²) in [5.74, 6) is -0.0884. The van der Waals surface area contributed by atoms with Crippen LogP contribution in [0.2, 0.25) is 0 Å². The summed E-state index contributed by atoms with van der Waals surface area (Å²) in [6.07, 6.45) is 1.59. The van der Waals surface area contributed by atoms with Gasteiger partial charge < -0.3 is 9.15 Å². The van der Waals surface area contributed by atoms with E-state index in [2.05, 4.69) is 9.97 Å². The number of halogens is 1. The Labute approximate surface area is 162 Å². The quantitative estimate of drug-likeness (QED) is 0.424. The van der Waals surface area contributed by atoms with Gasteiger partial charge in [-0.25, -0.2) is 19.2 Å². The third kappa shape index (κ3) is 3.81. The van der Waals surface area contributed by atoms with Crippen molar-refractivity contribution in [1.82, 2.24) is 9.97 Å². The average Bonchev–Trinajstić information content (AvgIpc) is 3.40. The predicted molar refractivity (Wildman–Crippen MR) is 101 cm³/mol. The summed E-state index contributed by atoms with van der Waals surface area (Å²) in [6.45, 7) is 1.82. The van der Waals surface area contributed by atoms with Crippen LogP contribution in [0.1, 0.15) is 21.1 Å². The van der Waals surface area contributed by atoms with Crippen LogP contribution < -0.4 is 0 Å². The molecular formula is C19H13FN2O3S2. The first kappa shape index (κ1) is 17.6. The van der Waals surface area contributed by atoms with Crippen molar-refractivity contribution in [1.29, 1.82) is 0 Å². The van der Waals surface area contributed by atoms with Crippen molar-refractivity contribution in [2.24, 2.45) is 0 Å². The van der Waals surface area contributed by atoms with Crippen LogP contribution in [-0.4, -0.2) is 15.9 Å². The van der Waals surface area contributed by atoms with Crippen molar-refractivity contribution in [2.75, 3.05) is 0 Å². The first-order chi connectivity index (χ1) is 13.1. The normalized spacial score (nSPS) is 10.9. The van der Waals surface area contributed by atoms with Crippen molar-refractivity contribution in [3.63, 3.8) is 0 Å². The number of furan rings is 1. The molecule has 0 spiro atoms. The van der Waals surface area contributed by atoms with Crippen molar-refractivity contribution < 1.29 is 18.3 Å². The molecule has 0 aliphatic carbocycles. The van der Waals surface area contributed by atoms with E-state index in [1.807, 2.05) is 11.4 Å². The van der Waals surface area contributed by atoms with Crippen LogP contribution in [0.5, 0.6) is 0 Å². The summed E-state index contributed by atoms with van der Waals surface area (Å²) >= 11 is 2.65. The lowest BCUT2D eigenvalue weighted by atomic mass is 10.2. The van der Waals surface area contributed by atoms with Crippen LogP contribution in [0, 0.1) is 12.7 Å². The maximum Gasteiger partial charge on any atom is 0.350 e. The van der Waals surface area contributed by atoms with Gasteiger partial charge in [-0.3, -0.25) is 0 Å². The predicted octanol–water partition coefficient (Wildman–Crippen LogP) is 5.33. The molecule has 3 heterocycles. The minimum absolute atomic E-state index is 0.0687. The fourth-order valence-corrected chi connectivity index (χ4v) is 4.13. The van der Waals surface area contributed by atoms with Crippen LogP contribution >= 0.6 is 22.7 Å². The molecule has 1 aromatic carbocycles. The molecule has 0 saturated heterocycles. The van der Waals surface area contributed by atoms with Crippen LogP contribution in [0.4, 0.5) is 4.39 Å². The number of ether oxygens (including phenoxy) is 1. The Morgan fingerprint density at radius 1 is 1.19 bits per heavy atom. The van der Waals surface area contributed by atoms with Crippen molar-refractivity contribution in [3.05, 3.63) is 70.1 Å². The fourth-order valence-electron chi connectivity index (χ4n) is 2.39. The van der Waals surface area contributed by atoms with Gasteiger partial charge in [0.15, 0.2) is 10.8 Å². The highest BCUT2D eigenvalue weighted by Gasteiger charge is 2.18. The van der Waals surface area contributed by atoms with E-state index in [0.717, 1.165) is 10.6 Å². The van der Waals surface area contributed by atoms with Gasteiger partial charge in [-0.15, -0.1) is 22.7 Å². The highest BCUT2D eigenvalue weighted by molar-refractivity contribution is 7.17. The monoisotopic (exact) mass is 400 g/mol. The van der Waals surface area contributed by atoms with Crippen LogP contribution in [-0.2, 0) is 11.3 Å². The number of thiazole rings is 2. The summed E-state index contributed by atoms with van der Waals surface area (Å²) < 4.78 is 23.8. The number of benzene rings is 1. The van der Waals surface area contributed by atoms with Gasteiger partial charge in [-0.2, -0.15) is 0 Å². The summed E-state index contributed by atoms with van der Waals surface area (Å²) in [4.78, 5) is 21.6. The number of nitrogens with zero attached hydrogens (tertiary/aromatic N) is 2. The van der Waals surface area contributed by atoms with E-state index in [1.165, 1.54) is 34.8 Å². The van der Waals surface area contributed by atoms with Gasteiger partial charge >= 0.3 is 5.97 Å². The molecule has 4 aromatic rings. The molecule has 0 atom stereocenters. The van der Waals surface area contributed by atoms with Gasteiger partial charge in [0.2, 0.25) is 0 Å². The smallest absolute Gasteiger partial charge is 0.350 e. The minimum atomic E-state index is -0.453. The maximum atomic E-state index is 13.1. The Hall–Kier alpha value is -2.84. The molecule has 136 valence electrons. The number of carbonyl (C=O) groups is 1. The van der Waals surface area contributed by atoms with Crippen LogP contribution in [0.25, 0.3) is 21.3 Å². The molecule has 0 fully saturated rings. The van der Waals surface area contributed by atoms with E-state index in [4.69, 9.17) is 9.15 Å². The van der Waals surface area contributed by atoms with Gasteiger partial charge in [-0.05, 0) is 43.3 Å². The summed E-state index contributed by atoms with van der Waals surface area (Å²) in [7, 11) is 0. The second-order valence-corrected chi connectivity index (χ2v) is 7.50. The molecule has 0 unspecified atom stereocenters. The number of hydrogen-bond donors (Lipinski definition) is 0. The van der Waals surface area contributed by atoms with Gasteiger partial charge in [0.25, 0.3) is 0 Å². The van der Waals surface area contributed by atoms with Gasteiger partial charge in [-0.1, -0.05) is 0 Å². The summed E-state index contributed by atoms with van der Waals surface area (Å²) in [5, 5.41) is 3.21. The molecule has 0 aliphatic heterocycles. The van der Waals surface area contributed by atoms with Crippen molar-refractivity contribution in [3.8, 4) is 21.3 Å². The zero-order chi connectivity index (χ0) is 18.8. The number of aromatic nitrogens is 2. The third-order valence-electron chi connectivity index (χ3n) is 3.71. The molecule has 5 nitrogen and oxygen atoms in total. The van der Waals surface area contributed by atoms with Gasteiger partial charge in [0, 0.05) is 10.9 Å². The second-order valence-electron chi connectivity index (χ2n) is 5.64. The minimum Gasteiger partial charge on any atom is -0.462 e. The molecule has 3 aromatic heterocycles. The van der Waals surface area contributed by atoms with Crippen LogP contribution in [0.15, 0.2) is 52.5 Å². The molecule has 0 bridgehead atoms. The SMILES string of the molecule is Cc1nc(-c2ccc(F)cc2)sc1C(=O)OCc1csc(-c2ccco2)n1. The average molecular weight is 400 g/mol. The largest absolute Gasteiger partial charge is 0.462 e. The highest BCUT2D eigenvalue weighted by atomic mass is 32.1. The van der Waals surface area contributed by atoms with E-state index >= 15 is 0 Å². The Morgan fingerprint density at radius 3 is 2.74 bits per heavy atom. The standard InChI is InChI=1S/C19H13FN2O3S2/c1-11-16(27-17(21-11)12-4-6-13(20)7-5-12)19(23)25-9-14-10-26-18(22-14)15-3-2-8-24-15/h2-8,10H,9H2,1H3. The molecule has 4 rings (SSSR count). The molecule has 0 amide bonds. The highest BCUT2D eigenvalue weighted by Crippen LogP contribution is 2.29. The maximum absolute atomic E-state index is 13.1. The molecule has 27 heavy (non-hydrogen) atoms. The molecular weight excluding hydrogens is 387 g/mol. The number of carbonyl (C=O) groups excluding carboxylic acids is 1. The molecule has 0 aliphatic rings. The van der Waals surface area contributed by atoms with Gasteiger partial charge in [0.05, 0.1) is 17.7 Å². The fraction of sp³-hybridized carbons (Fsp3) is 0.105. The Balaban J connectivity index is 1.45. The van der Waals surface area contributed by atoms with Crippen molar-refractivity contribution in [2.45, 2.75) is 13.5 Å². The van der Waals surface area contributed by atoms with Gasteiger partial charge in [0.1, 0.15) is 22.3 Å². The zero-order valence-electron chi connectivity index (χ0n) is 14.1. The molecule has 0 radical (unpaired) electrons. The van der Waals surface area contributed by atoms with E-state index < -0.39 is 5.97 Å². The van der Waals surface area contributed by atoms with E-state index in [-0.39, 0.29) is 12.4 Å². The summed E-state index contributed by atoms with van der Waals surface area (Å²) in [6, 6.07) is 9.61. The van der Waals surface area contributed by atoms with E-state index in [9.17, 15) is 9.18 Å². The van der Waals surface area contributed by atoms with Crippen molar-refractivity contribution >= 4 is 28.6 Å². The number of aryl methyl sites for hydroxylation is 1. The Bertz CT molecular complexity index is 1070. The topological polar surface area (TPSA) is 65.2 Å². The van der Waals surface area contributed by atoms with E-state index in [1.54, 1.807) is 31.4 Å². The lowest BCUT2D eigenvalue weighted by Gasteiger charge is -2.01. The first-order valence-electron chi connectivity index (χ1n) is 7.99. The first-order valence-corrected chi connectivity index (χ1v) is 9.68.